The van der Waals surface area contributed by atoms with E-state index < -0.39 is 33.2 Å². The van der Waals surface area contributed by atoms with Crippen molar-refractivity contribution in [1.82, 2.24) is 24.1 Å². The summed E-state index contributed by atoms with van der Waals surface area (Å²) in [7, 11) is -3.91. The lowest BCUT2D eigenvalue weighted by Crippen LogP contribution is -2.45. The van der Waals surface area contributed by atoms with E-state index in [1.807, 2.05) is 13.8 Å². The number of carboxylic acids is 1. The number of amides is 2. The summed E-state index contributed by atoms with van der Waals surface area (Å²) in [6.07, 6.45) is 4.26. The third kappa shape index (κ3) is 4.63. The number of carboxylic acid groups (broad SMARTS) is 1. The van der Waals surface area contributed by atoms with Crippen LogP contribution in [0.25, 0.3) is 5.69 Å². The van der Waals surface area contributed by atoms with E-state index in [9.17, 15) is 27.9 Å². The van der Waals surface area contributed by atoms with Gasteiger partial charge in [-0.25, -0.2) is 13.2 Å². The molecule has 1 aliphatic rings. The standard InChI is InChI=1S/C26H25N7O6S/c1-26(2)14-32(40(38,39)16-5-3-9-28-12-16)13-19-21(26)30-31-23(19)29-24(35)18-11-15(7-8-17(18)22(27)34)33-10-4-6-20(33)25(36)37/h3-12H,13-14H2,1-2H3,(H2,27,34)(H,36,37)(H2,29,30,31,35). The van der Waals surface area contributed by atoms with Gasteiger partial charge in [-0.3, -0.25) is 19.7 Å². The number of hydrogen-bond acceptors (Lipinski definition) is 7. The first kappa shape index (κ1) is 26.8. The molecule has 0 fully saturated rings. The van der Waals surface area contributed by atoms with Crippen LogP contribution in [0.3, 0.4) is 0 Å². The van der Waals surface area contributed by atoms with Gasteiger partial charge in [-0.05, 0) is 42.5 Å². The highest BCUT2D eigenvalue weighted by atomic mass is 32.2. The van der Waals surface area contributed by atoms with Crippen molar-refractivity contribution in [1.29, 1.82) is 0 Å². The Labute approximate surface area is 228 Å². The van der Waals surface area contributed by atoms with Gasteiger partial charge >= 0.3 is 5.97 Å². The van der Waals surface area contributed by atoms with E-state index in [2.05, 4.69) is 20.5 Å². The number of fused-ring (bicyclic) bond motifs is 1. The van der Waals surface area contributed by atoms with Gasteiger partial charge in [-0.15, -0.1) is 0 Å². The number of rotatable bonds is 7. The molecule has 0 spiro atoms. The number of nitrogens with two attached hydrogens (primary N) is 1. The van der Waals surface area contributed by atoms with Crippen molar-refractivity contribution in [2.45, 2.75) is 30.7 Å². The van der Waals surface area contributed by atoms with Crippen molar-refractivity contribution in [3.05, 3.63) is 89.1 Å². The predicted octanol–water partition coefficient (Wildman–Crippen LogP) is 2.13. The Morgan fingerprint density at radius 1 is 1.12 bits per heavy atom. The van der Waals surface area contributed by atoms with Crippen molar-refractivity contribution in [3.63, 3.8) is 0 Å². The highest BCUT2D eigenvalue weighted by Gasteiger charge is 2.41. The summed E-state index contributed by atoms with van der Waals surface area (Å²) in [6, 6.07) is 10.1. The molecule has 13 nitrogen and oxygen atoms in total. The second-order valence-corrected chi connectivity index (χ2v) is 11.8. The smallest absolute Gasteiger partial charge is 0.352 e. The molecule has 4 heterocycles. The molecule has 0 radical (unpaired) electrons. The summed E-state index contributed by atoms with van der Waals surface area (Å²) in [4.78, 5) is 41.2. The van der Waals surface area contributed by atoms with Crippen LogP contribution in [-0.2, 0) is 22.0 Å². The number of aromatic amines is 1. The Balaban J connectivity index is 1.51. The number of pyridine rings is 1. The van der Waals surface area contributed by atoms with Crippen molar-refractivity contribution < 1.29 is 27.9 Å². The van der Waals surface area contributed by atoms with Gasteiger partial charge in [-0.2, -0.15) is 9.40 Å². The van der Waals surface area contributed by atoms with Gasteiger partial charge in [0.15, 0.2) is 5.82 Å². The summed E-state index contributed by atoms with van der Waals surface area (Å²) in [5.74, 6) is -2.68. The summed E-state index contributed by atoms with van der Waals surface area (Å²) >= 11 is 0. The number of carbonyl (C=O) groups is 3. The fraction of sp³-hybridized carbons (Fsp3) is 0.192. The van der Waals surface area contributed by atoms with Crippen molar-refractivity contribution in [3.8, 4) is 5.69 Å². The number of benzene rings is 1. The molecule has 0 saturated heterocycles. The lowest BCUT2D eigenvalue weighted by atomic mass is 9.84. The lowest BCUT2D eigenvalue weighted by Gasteiger charge is -2.36. The van der Waals surface area contributed by atoms with Crippen molar-refractivity contribution in [2.75, 3.05) is 11.9 Å². The Hall–Kier alpha value is -4.82. The highest BCUT2D eigenvalue weighted by Crippen LogP contribution is 2.37. The van der Waals surface area contributed by atoms with Crippen LogP contribution in [0.1, 0.15) is 56.3 Å². The molecule has 5 rings (SSSR count). The van der Waals surface area contributed by atoms with Gasteiger partial charge in [0.1, 0.15) is 10.6 Å². The van der Waals surface area contributed by atoms with E-state index in [1.165, 1.54) is 69.9 Å². The normalized spacial score (nSPS) is 14.8. The van der Waals surface area contributed by atoms with E-state index in [4.69, 9.17) is 5.73 Å². The monoisotopic (exact) mass is 563 g/mol. The molecule has 3 aromatic heterocycles. The fourth-order valence-corrected chi connectivity index (χ4v) is 6.33. The second-order valence-electron chi connectivity index (χ2n) is 9.89. The average Bonchev–Trinajstić information content (AvgIpc) is 3.57. The van der Waals surface area contributed by atoms with E-state index >= 15 is 0 Å². The number of aromatic nitrogens is 4. The quantitative estimate of drug-likeness (QED) is 0.262. The van der Waals surface area contributed by atoms with Gasteiger partial charge in [0.2, 0.25) is 15.9 Å². The lowest BCUT2D eigenvalue weighted by molar-refractivity contribution is 0.0687. The third-order valence-corrected chi connectivity index (χ3v) is 8.49. The molecule has 2 amide bonds. The molecular formula is C26H25N7O6S. The molecule has 14 heteroatoms. The maximum atomic E-state index is 13.5. The molecule has 40 heavy (non-hydrogen) atoms. The van der Waals surface area contributed by atoms with Crippen LogP contribution in [0.15, 0.2) is 66.0 Å². The third-order valence-electron chi connectivity index (χ3n) is 6.71. The Morgan fingerprint density at radius 3 is 2.58 bits per heavy atom. The van der Waals surface area contributed by atoms with Crippen LogP contribution in [0.4, 0.5) is 5.82 Å². The zero-order valence-electron chi connectivity index (χ0n) is 21.5. The highest BCUT2D eigenvalue weighted by molar-refractivity contribution is 7.89. The molecule has 1 aliphatic heterocycles. The molecule has 0 saturated carbocycles. The van der Waals surface area contributed by atoms with E-state index in [-0.39, 0.29) is 40.6 Å². The summed E-state index contributed by atoms with van der Waals surface area (Å²) < 4.78 is 29.4. The number of nitrogens with one attached hydrogen (secondary N) is 2. The minimum absolute atomic E-state index is 0.0389. The zero-order valence-corrected chi connectivity index (χ0v) is 22.3. The predicted molar refractivity (Wildman–Crippen MR) is 143 cm³/mol. The average molecular weight is 564 g/mol. The summed E-state index contributed by atoms with van der Waals surface area (Å²) in [5.41, 5.74) is 6.03. The van der Waals surface area contributed by atoms with E-state index in [0.717, 1.165) is 0 Å². The molecular weight excluding hydrogens is 538 g/mol. The number of carbonyl (C=O) groups excluding carboxylic acids is 2. The number of nitrogens with zero attached hydrogens (tertiary/aromatic N) is 4. The number of primary amides is 1. The number of anilines is 1. The number of aromatic carboxylic acids is 1. The largest absolute Gasteiger partial charge is 0.477 e. The molecule has 5 N–H and O–H groups in total. The number of hydrogen-bond donors (Lipinski definition) is 4. The molecule has 0 bridgehead atoms. The Bertz CT molecular complexity index is 1760. The first-order valence-electron chi connectivity index (χ1n) is 12.0. The maximum Gasteiger partial charge on any atom is 0.352 e. The molecule has 0 unspecified atom stereocenters. The van der Waals surface area contributed by atoms with Gasteiger partial charge in [0, 0.05) is 54.0 Å². The summed E-state index contributed by atoms with van der Waals surface area (Å²) in [5, 5.41) is 19.3. The molecule has 0 aliphatic carbocycles. The Kier molecular flexibility index (Phi) is 6.51. The van der Waals surface area contributed by atoms with Gasteiger partial charge in [0.25, 0.3) is 5.91 Å². The zero-order chi connectivity index (χ0) is 28.8. The SMILES string of the molecule is CC1(C)CN(S(=O)(=O)c2cccnc2)Cc2c(NC(=O)c3cc(-n4cccc4C(=O)O)ccc3C(N)=O)n[nH]c21. The summed E-state index contributed by atoms with van der Waals surface area (Å²) in [6.45, 7) is 3.79. The van der Waals surface area contributed by atoms with Crippen LogP contribution in [0.5, 0.6) is 0 Å². The van der Waals surface area contributed by atoms with E-state index in [1.54, 1.807) is 0 Å². The minimum Gasteiger partial charge on any atom is -0.477 e. The van der Waals surface area contributed by atoms with Gasteiger partial charge in [-0.1, -0.05) is 13.8 Å². The molecule has 0 atom stereocenters. The topological polar surface area (TPSA) is 193 Å². The Morgan fingerprint density at radius 2 is 1.90 bits per heavy atom. The maximum absolute atomic E-state index is 13.5. The minimum atomic E-state index is -3.91. The van der Waals surface area contributed by atoms with Crippen LogP contribution >= 0.6 is 0 Å². The van der Waals surface area contributed by atoms with Crippen LogP contribution < -0.4 is 11.1 Å². The van der Waals surface area contributed by atoms with Gasteiger partial charge in [0.05, 0.1) is 11.1 Å². The first-order valence-corrected chi connectivity index (χ1v) is 13.5. The fourth-order valence-electron chi connectivity index (χ4n) is 4.79. The first-order chi connectivity index (χ1) is 18.9. The second kappa shape index (κ2) is 9.73. The molecule has 206 valence electrons. The van der Waals surface area contributed by atoms with Crippen molar-refractivity contribution in [2.24, 2.45) is 5.73 Å². The van der Waals surface area contributed by atoms with Crippen LogP contribution in [0.2, 0.25) is 0 Å². The number of H-pyrrole nitrogens is 1. The van der Waals surface area contributed by atoms with E-state index in [0.29, 0.717) is 16.9 Å². The van der Waals surface area contributed by atoms with Crippen molar-refractivity contribution >= 4 is 33.6 Å². The van der Waals surface area contributed by atoms with Crippen LogP contribution in [-0.4, -0.2) is 61.9 Å². The van der Waals surface area contributed by atoms with Crippen LogP contribution in [0, 0.1) is 0 Å². The van der Waals surface area contributed by atoms with Gasteiger partial charge < -0.3 is 20.7 Å². The molecule has 1 aromatic carbocycles. The molecule has 4 aromatic rings. The number of sulfonamides is 1.